The summed E-state index contributed by atoms with van der Waals surface area (Å²) in [5, 5.41) is 8.60. The summed E-state index contributed by atoms with van der Waals surface area (Å²) in [6, 6.07) is 2.67. The lowest BCUT2D eigenvalue weighted by atomic mass is 10.0. The number of benzene rings is 1. The minimum absolute atomic E-state index is 0.0167. The molecule has 6 heteroatoms. The molecule has 0 bridgehead atoms. The number of hydrogen-bond acceptors (Lipinski definition) is 3. The van der Waals surface area contributed by atoms with E-state index in [2.05, 4.69) is 16.6 Å². The molecule has 0 radical (unpaired) electrons. The lowest BCUT2D eigenvalue weighted by molar-refractivity contribution is -0.137. The summed E-state index contributed by atoms with van der Waals surface area (Å²) >= 11 is 0. The molecule has 0 aliphatic rings. The first-order valence-electron chi connectivity index (χ1n) is 5.79. The molecule has 0 unspecified atom stereocenters. The van der Waals surface area contributed by atoms with Crippen molar-refractivity contribution in [2.45, 2.75) is 19.0 Å². The van der Waals surface area contributed by atoms with E-state index in [1.165, 1.54) is 0 Å². The summed E-state index contributed by atoms with van der Waals surface area (Å²) in [6.45, 7) is -0.0544. The summed E-state index contributed by atoms with van der Waals surface area (Å²) in [7, 11) is 1.14. The van der Waals surface area contributed by atoms with E-state index in [9.17, 15) is 18.0 Å². The fourth-order valence-electron chi connectivity index (χ4n) is 1.44. The standard InChI is InChI=1S/C14H13F3O3/c1-20-13(19)12-7-6-11(14(15,16)17)9-10(12)5-3-2-4-8-18/h6-7,9,18H,2,4,8H2,1H3. The molecule has 1 aromatic carbocycles. The first-order valence-corrected chi connectivity index (χ1v) is 5.79. The Morgan fingerprint density at radius 1 is 1.40 bits per heavy atom. The van der Waals surface area contributed by atoms with E-state index in [-0.39, 0.29) is 17.7 Å². The zero-order valence-corrected chi connectivity index (χ0v) is 10.8. The molecule has 1 rings (SSSR count). The van der Waals surface area contributed by atoms with Crippen LogP contribution in [0.25, 0.3) is 0 Å². The molecular formula is C14H13F3O3. The number of methoxy groups -OCH3 is 1. The van der Waals surface area contributed by atoms with Gasteiger partial charge in [0.05, 0.1) is 18.2 Å². The Kier molecular flexibility index (Phi) is 5.59. The highest BCUT2D eigenvalue weighted by Gasteiger charge is 2.31. The van der Waals surface area contributed by atoms with Crippen molar-refractivity contribution < 1.29 is 27.8 Å². The van der Waals surface area contributed by atoms with Crippen LogP contribution in [0.5, 0.6) is 0 Å². The van der Waals surface area contributed by atoms with Gasteiger partial charge < -0.3 is 9.84 Å². The normalized spacial score (nSPS) is 10.7. The van der Waals surface area contributed by atoms with Crippen LogP contribution in [0.4, 0.5) is 13.2 Å². The molecule has 1 aromatic rings. The maximum atomic E-state index is 12.6. The summed E-state index contributed by atoms with van der Waals surface area (Å²) in [6.07, 6.45) is -3.76. The van der Waals surface area contributed by atoms with Gasteiger partial charge in [0.2, 0.25) is 0 Å². The Bertz CT molecular complexity index is 539. The number of carbonyl (C=O) groups is 1. The minimum atomic E-state index is -4.50. The third-order valence-electron chi connectivity index (χ3n) is 2.44. The van der Waals surface area contributed by atoms with Gasteiger partial charge in [-0.15, -0.1) is 0 Å². The van der Waals surface area contributed by atoms with Gasteiger partial charge in [0.1, 0.15) is 0 Å². The molecule has 3 nitrogen and oxygen atoms in total. The van der Waals surface area contributed by atoms with Crippen LogP contribution in [0.1, 0.15) is 34.3 Å². The molecule has 0 heterocycles. The van der Waals surface area contributed by atoms with E-state index >= 15 is 0 Å². The van der Waals surface area contributed by atoms with E-state index in [4.69, 9.17) is 5.11 Å². The number of rotatable bonds is 3. The quantitative estimate of drug-likeness (QED) is 0.528. The topological polar surface area (TPSA) is 46.5 Å². The predicted molar refractivity (Wildman–Crippen MR) is 66.0 cm³/mol. The molecule has 0 atom stereocenters. The SMILES string of the molecule is COC(=O)c1ccc(C(F)(F)F)cc1C#CCCCO. The first kappa shape index (κ1) is 16.1. The maximum Gasteiger partial charge on any atom is 0.416 e. The van der Waals surface area contributed by atoms with Crippen LogP contribution >= 0.6 is 0 Å². The molecule has 108 valence electrons. The lowest BCUT2D eigenvalue weighted by Gasteiger charge is -2.09. The van der Waals surface area contributed by atoms with E-state index in [0.717, 1.165) is 25.3 Å². The monoisotopic (exact) mass is 286 g/mol. The number of unbranched alkanes of at least 4 members (excludes halogenated alkanes) is 1. The third kappa shape index (κ3) is 4.28. The van der Waals surface area contributed by atoms with Crippen molar-refractivity contribution in [3.8, 4) is 11.8 Å². The van der Waals surface area contributed by atoms with Crippen molar-refractivity contribution in [2.75, 3.05) is 13.7 Å². The smallest absolute Gasteiger partial charge is 0.416 e. The second kappa shape index (κ2) is 6.96. The van der Waals surface area contributed by atoms with Gasteiger partial charge in [0, 0.05) is 18.6 Å². The van der Waals surface area contributed by atoms with Gasteiger partial charge in [0.15, 0.2) is 0 Å². The number of alkyl halides is 3. The van der Waals surface area contributed by atoms with Crippen LogP contribution in [-0.2, 0) is 10.9 Å². The number of halogens is 3. The Morgan fingerprint density at radius 3 is 2.65 bits per heavy atom. The highest BCUT2D eigenvalue weighted by molar-refractivity contribution is 5.92. The van der Waals surface area contributed by atoms with Gasteiger partial charge in [-0.1, -0.05) is 11.8 Å². The molecule has 0 saturated heterocycles. The highest BCUT2D eigenvalue weighted by atomic mass is 19.4. The van der Waals surface area contributed by atoms with Crippen molar-refractivity contribution >= 4 is 5.97 Å². The number of hydrogen-bond donors (Lipinski definition) is 1. The highest BCUT2D eigenvalue weighted by Crippen LogP contribution is 2.30. The van der Waals surface area contributed by atoms with Gasteiger partial charge >= 0.3 is 12.1 Å². The maximum absolute atomic E-state index is 12.6. The molecule has 0 amide bonds. The largest absolute Gasteiger partial charge is 0.465 e. The summed E-state index contributed by atoms with van der Waals surface area (Å²) < 4.78 is 42.4. The first-order chi connectivity index (χ1) is 9.40. The number of ether oxygens (including phenoxy) is 1. The van der Waals surface area contributed by atoms with Gasteiger partial charge in [0.25, 0.3) is 0 Å². The van der Waals surface area contributed by atoms with Gasteiger partial charge in [-0.2, -0.15) is 13.2 Å². The fraction of sp³-hybridized carbons (Fsp3) is 0.357. The Hall–Kier alpha value is -2.00. The van der Waals surface area contributed by atoms with Crippen LogP contribution < -0.4 is 0 Å². The van der Waals surface area contributed by atoms with Gasteiger partial charge in [-0.3, -0.25) is 0 Å². The predicted octanol–water partition coefficient (Wildman–Crippen LogP) is 2.62. The molecule has 20 heavy (non-hydrogen) atoms. The van der Waals surface area contributed by atoms with Crippen molar-refractivity contribution in [3.05, 3.63) is 34.9 Å². The van der Waals surface area contributed by atoms with Gasteiger partial charge in [-0.05, 0) is 24.6 Å². The molecule has 0 saturated carbocycles. The summed E-state index contributed by atoms with van der Waals surface area (Å²) in [5.41, 5.74) is -0.932. The number of carbonyl (C=O) groups excluding carboxylic acids is 1. The summed E-state index contributed by atoms with van der Waals surface area (Å²) in [5.74, 6) is 4.38. The van der Waals surface area contributed by atoms with E-state index < -0.39 is 17.7 Å². The van der Waals surface area contributed by atoms with Crippen LogP contribution in [-0.4, -0.2) is 24.8 Å². The molecular weight excluding hydrogens is 273 g/mol. The second-order valence-corrected chi connectivity index (χ2v) is 3.88. The van der Waals surface area contributed by atoms with Crippen LogP contribution in [0.2, 0.25) is 0 Å². The van der Waals surface area contributed by atoms with Crippen LogP contribution in [0.15, 0.2) is 18.2 Å². The Labute approximate surface area is 114 Å². The molecule has 0 aromatic heterocycles. The van der Waals surface area contributed by atoms with E-state index in [1.54, 1.807) is 0 Å². The van der Waals surface area contributed by atoms with Crippen molar-refractivity contribution in [1.29, 1.82) is 0 Å². The van der Waals surface area contributed by atoms with Gasteiger partial charge in [-0.25, -0.2) is 4.79 Å². The zero-order chi connectivity index (χ0) is 15.2. The van der Waals surface area contributed by atoms with Crippen LogP contribution in [0.3, 0.4) is 0 Å². The van der Waals surface area contributed by atoms with Crippen molar-refractivity contribution in [1.82, 2.24) is 0 Å². The Balaban J connectivity index is 3.18. The van der Waals surface area contributed by atoms with E-state index in [0.29, 0.717) is 12.8 Å². The number of esters is 1. The number of aliphatic hydroxyl groups excluding tert-OH is 1. The number of aliphatic hydroxyl groups is 1. The average molecular weight is 286 g/mol. The fourth-order valence-corrected chi connectivity index (χ4v) is 1.44. The Morgan fingerprint density at radius 2 is 2.10 bits per heavy atom. The molecule has 0 aliphatic carbocycles. The lowest BCUT2D eigenvalue weighted by Crippen LogP contribution is -2.09. The second-order valence-electron chi connectivity index (χ2n) is 3.88. The molecule has 1 N–H and O–H groups in total. The summed E-state index contributed by atoms with van der Waals surface area (Å²) in [4.78, 5) is 11.5. The third-order valence-corrected chi connectivity index (χ3v) is 2.44. The zero-order valence-electron chi connectivity index (χ0n) is 10.8. The van der Waals surface area contributed by atoms with Crippen molar-refractivity contribution in [3.63, 3.8) is 0 Å². The van der Waals surface area contributed by atoms with E-state index in [1.807, 2.05) is 0 Å². The minimum Gasteiger partial charge on any atom is -0.465 e. The molecule has 0 spiro atoms. The molecule has 0 fully saturated rings. The van der Waals surface area contributed by atoms with Crippen molar-refractivity contribution in [2.24, 2.45) is 0 Å². The van der Waals surface area contributed by atoms with Crippen LogP contribution in [0, 0.1) is 11.8 Å². The average Bonchev–Trinajstić information content (AvgIpc) is 2.41. The molecule has 0 aliphatic heterocycles.